The number of benzene rings is 2. The fraction of sp³-hybridized carbons (Fsp3) is 0. The lowest BCUT2D eigenvalue weighted by Gasteiger charge is -2.15. The summed E-state index contributed by atoms with van der Waals surface area (Å²) in [4.78, 5) is 21.1. The van der Waals surface area contributed by atoms with Gasteiger partial charge in [-0.05, 0) is 12.1 Å². The molecule has 2 aromatic rings. The summed E-state index contributed by atoms with van der Waals surface area (Å²) in [5.41, 5.74) is 5.43. The lowest BCUT2D eigenvalue weighted by molar-refractivity contribution is -0.385. The number of para-hydroxylation sites is 2. The normalized spacial score (nSPS) is 13.2. The van der Waals surface area contributed by atoms with Crippen LogP contribution in [0.3, 0.4) is 0 Å². The molecule has 0 fully saturated rings. The van der Waals surface area contributed by atoms with Crippen molar-refractivity contribution in [2.24, 2.45) is 10.2 Å². The lowest BCUT2D eigenvalue weighted by Crippen LogP contribution is -2.35. The highest BCUT2D eigenvalue weighted by molar-refractivity contribution is 6.08. The number of nitrogens with one attached hydrogen (secondary N) is 2. The Morgan fingerprint density at radius 3 is 1.42 bits per heavy atom. The Hall–Kier alpha value is -3.82. The van der Waals surface area contributed by atoms with Gasteiger partial charge in [-0.25, -0.2) is 0 Å². The van der Waals surface area contributed by atoms with E-state index in [1.54, 1.807) is 24.3 Å². The van der Waals surface area contributed by atoms with Gasteiger partial charge in [0.2, 0.25) is 0 Å². The highest BCUT2D eigenvalue weighted by atomic mass is 16.6. The maximum atomic E-state index is 11.1. The van der Waals surface area contributed by atoms with Gasteiger partial charge in [-0.15, -0.1) is 0 Å². The third-order valence-corrected chi connectivity index (χ3v) is 3.26. The van der Waals surface area contributed by atoms with Crippen molar-refractivity contribution >= 4 is 23.0 Å². The smallest absolute Gasteiger partial charge is 0.258 e. The van der Waals surface area contributed by atoms with Crippen molar-refractivity contribution in [3.05, 3.63) is 79.9 Å². The summed E-state index contributed by atoms with van der Waals surface area (Å²) in [6, 6.07) is 12.1. The van der Waals surface area contributed by atoms with Crippen molar-refractivity contribution in [2.45, 2.75) is 0 Å². The minimum atomic E-state index is -0.527. The van der Waals surface area contributed by atoms with Crippen LogP contribution in [0, 0.1) is 20.2 Å². The van der Waals surface area contributed by atoms with E-state index in [-0.39, 0.29) is 34.2 Å². The molecule has 1 heterocycles. The van der Waals surface area contributed by atoms with Crippen LogP contribution in [0.15, 0.2) is 58.7 Å². The van der Waals surface area contributed by atoms with E-state index in [1.165, 1.54) is 24.3 Å². The molecule has 0 aliphatic carbocycles. The standard InChI is InChI=1S/C14H10N6O4/c21-19(22)11-7-3-1-5-9(11)13-15-17-14(18-16-13)10-6-2-4-8-12(10)20(23)24/h1-8H,(H,15,16)(H,17,18). The van der Waals surface area contributed by atoms with Gasteiger partial charge in [0.05, 0.1) is 21.0 Å². The first kappa shape index (κ1) is 15.1. The fourth-order valence-corrected chi connectivity index (χ4v) is 2.17. The average Bonchev–Trinajstić information content (AvgIpc) is 2.62. The first-order valence-electron chi connectivity index (χ1n) is 6.73. The Morgan fingerprint density at radius 1 is 0.708 bits per heavy atom. The SMILES string of the molecule is O=[N+]([O-])c1ccccc1C1=NNC(c2ccccc2[N+](=O)[O-])=NN1. The fourth-order valence-electron chi connectivity index (χ4n) is 2.17. The molecule has 0 saturated heterocycles. The van der Waals surface area contributed by atoms with Crippen molar-refractivity contribution in [2.75, 3.05) is 0 Å². The number of nitro groups is 2. The third-order valence-electron chi connectivity index (χ3n) is 3.26. The maximum Gasteiger partial charge on any atom is 0.280 e. The maximum absolute atomic E-state index is 11.1. The number of hydrazone groups is 2. The molecule has 0 bridgehead atoms. The molecule has 10 nitrogen and oxygen atoms in total. The number of nitro benzene ring substituents is 2. The molecule has 10 heteroatoms. The van der Waals surface area contributed by atoms with E-state index in [2.05, 4.69) is 21.1 Å². The second kappa shape index (κ2) is 6.12. The number of amidine groups is 2. The molecule has 24 heavy (non-hydrogen) atoms. The van der Waals surface area contributed by atoms with Crippen LogP contribution >= 0.6 is 0 Å². The highest BCUT2D eigenvalue weighted by Crippen LogP contribution is 2.20. The van der Waals surface area contributed by atoms with Gasteiger partial charge in [0.1, 0.15) is 0 Å². The van der Waals surface area contributed by atoms with Gasteiger partial charge < -0.3 is 0 Å². The monoisotopic (exact) mass is 326 g/mol. The van der Waals surface area contributed by atoms with Gasteiger partial charge >= 0.3 is 0 Å². The second-order valence-corrected chi connectivity index (χ2v) is 4.69. The summed E-state index contributed by atoms with van der Waals surface area (Å²) in [6.07, 6.45) is 0. The summed E-state index contributed by atoms with van der Waals surface area (Å²) < 4.78 is 0. The Bertz CT molecular complexity index is 819. The van der Waals surface area contributed by atoms with Crippen molar-refractivity contribution in [1.29, 1.82) is 0 Å². The Kier molecular flexibility index (Phi) is 3.85. The van der Waals surface area contributed by atoms with Crippen LogP contribution in [0.4, 0.5) is 11.4 Å². The zero-order chi connectivity index (χ0) is 17.1. The highest BCUT2D eigenvalue weighted by Gasteiger charge is 2.23. The van der Waals surface area contributed by atoms with Crippen LogP contribution in [0.1, 0.15) is 11.1 Å². The van der Waals surface area contributed by atoms with Crippen LogP contribution in [0.5, 0.6) is 0 Å². The zero-order valence-electron chi connectivity index (χ0n) is 12.0. The molecule has 3 rings (SSSR count). The summed E-state index contributed by atoms with van der Waals surface area (Å²) >= 11 is 0. The van der Waals surface area contributed by atoms with E-state index >= 15 is 0 Å². The second-order valence-electron chi connectivity index (χ2n) is 4.69. The molecule has 0 aromatic heterocycles. The van der Waals surface area contributed by atoms with E-state index in [9.17, 15) is 20.2 Å². The van der Waals surface area contributed by atoms with Crippen LogP contribution in [0.25, 0.3) is 0 Å². The third kappa shape index (κ3) is 2.75. The molecule has 1 aliphatic rings. The molecule has 120 valence electrons. The molecular formula is C14H10N6O4. The van der Waals surface area contributed by atoms with E-state index in [0.717, 1.165) is 0 Å². The molecule has 0 unspecified atom stereocenters. The quantitative estimate of drug-likeness (QED) is 0.648. The predicted octanol–water partition coefficient (Wildman–Crippen LogP) is 1.72. The number of nitrogens with zero attached hydrogens (tertiary/aromatic N) is 4. The Balaban J connectivity index is 1.90. The summed E-state index contributed by atoms with van der Waals surface area (Å²) in [5, 5.41) is 30.1. The predicted molar refractivity (Wildman–Crippen MR) is 85.5 cm³/mol. The van der Waals surface area contributed by atoms with Crippen molar-refractivity contribution in [3.63, 3.8) is 0 Å². The van der Waals surface area contributed by atoms with Crippen molar-refractivity contribution < 1.29 is 9.85 Å². The number of rotatable bonds is 4. The first-order chi connectivity index (χ1) is 11.6. The van der Waals surface area contributed by atoms with Gasteiger partial charge in [-0.2, -0.15) is 10.2 Å². The Labute approximate surface area is 134 Å². The van der Waals surface area contributed by atoms with Crippen LogP contribution < -0.4 is 10.9 Å². The van der Waals surface area contributed by atoms with Gasteiger partial charge in [0, 0.05) is 12.1 Å². The molecule has 0 atom stereocenters. The van der Waals surface area contributed by atoms with E-state index in [4.69, 9.17) is 0 Å². The van der Waals surface area contributed by atoms with Gasteiger partial charge in [-0.3, -0.25) is 31.1 Å². The van der Waals surface area contributed by atoms with Crippen LogP contribution in [-0.4, -0.2) is 21.5 Å². The average molecular weight is 326 g/mol. The minimum absolute atomic E-state index is 0.130. The van der Waals surface area contributed by atoms with E-state index in [1.807, 2.05) is 0 Å². The minimum Gasteiger partial charge on any atom is -0.258 e. The molecule has 1 aliphatic heterocycles. The molecular weight excluding hydrogens is 316 g/mol. The van der Waals surface area contributed by atoms with Crippen LogP contribution in [-0.2, 0) is 0 Å². The zero-order valence-corrected chi connectivity index (χ0v) is 12.0. The number of hydrogen-bond acceptors (Lipinski definition) is 8. The van der Waals surface area contributed by atoms with Crippen LogP contribution in [0.2, 0.25) is 0 Å². The van der Waals surface area contributed by atoms with Crippen molar-refractivity contribution in [1.82, 2.24) is 10.9 Å². The van der Waals surface area contributed by atoms with Gasteiger partial charge in [0.15, 0.2) is 11.7 Å². The molecule has 0 amide bonds. The molecule has 0 saturated carbocycles. The first-order valence-corrected chi connectivity index (χ1v) is 6.73. The molecule has 0 radical (unpaired) electrons. The van der Waals surface area contributed by atoms with Crippen molar-refractivity contribution in [3.8, 4) is 0 Å². The summed E-state index contributed by atoms with van der Waals surface area (Å²) in [7, 11) is 0. The topological polar surface area (TPSA) is 135 Å². The van der Waals surface area contributed by atoms with Gasteiger partial charge in [-0.1, -0.05) is 24.3 Å². The lowest BCUT2D eigenvalue weighted by atomic mass is 10.1. The van der Waals surface area contributed by atoms with E-state index in [0.29, 0.717) is 0 Å². The Morgan fingerprint density at radius 2 is 1.08 bits per heavy atom. The molecule has 2 N–H and O–H groups in total. The largest absolute Gasteiger partial charge is 0.280 e. The summed E-state index contributed by atoms with van der Waals surface area (Å²) in [5.74, 6) is 0.286. The molecule has 2 aromatic carbocycles. The number of hydrogen-bond donors (Lipinski definition) is 2. The van der Waals surface area contributed by atoms with Gasteiger partial charge in [0.25, 0.3) is 11.4 Å². The summed E-state index contributed by atoms with van der Waals surface area (Å²) in [6.45, 7) is 0. The van der Waals surface area contributed by atoms with E-state index < -0.39 is 9.85 Å². The molecule has 0 spiro atoms.